The van der Waals surface area contributed by atoms with E-state index in [0.29, 0.717) is 0 Å². The average Bonchev–Trinajstić information content (AvgIpc) is 2.36. The summed E-state index contributed by atoms with van der Waals surface area (Å²) in [7, 11) is -3.87. The van der Waals surface area contributed by atoms with Gasteiger partial charge in [0.15, 0.2) is 0 Å². The number of nitrogens with one attached hydrogen (secondary N) is 1. The Hall–Kier alpha value is -2.00. The lowest BCUT2D eigenvalue weighted by Gasteiger charge is -2.09. The first-order valence-corrected chi connectivity index (χ1v) is 6.69. The number of hydrogen-bond donors (Lipinski definition) is 2. The number of rotatable bonds is 6. The quantitative estimate of drug-likeness (QED) is 0.582. The molecule has 8 nitrogen and oxygen atoms in total. The van der Waals surface area contributed by atoms with Crippen LogP contribution in [0.1, 0.15) is 6.92 Å². The molecular formula is C10H12N2O6S. The fraction of sp³-hybridized carbons (Fsp3) is 0.300. The number of benzene rings is 1. The van der Waals surface area contributed by atoms with Crippen molar-refractivity contribution in [2.75, 3.05) is 6.54 Å². The molecule has 2 N–H and O–H groups in total. The van der Waals surface area contributed by atoms with Crippen LogP contribution >= 0.6 is 0 Å². The van der Waals surface area contributed by atoms with E-state index in [1.54, 1.807) is 0 Å². The Labute approximate surface area is 109 Å². The molecule has 0 amide bonds. The third-order valence-corrected chi connectivity index (χ3v) is 3.80. The number of carboxylic acid groups (broad SMARTS) is 1. The summed E-state index contributed by atoms with van der Waals surface area (Å²) in [6, 6.07) is 4.31. The molecule has 0 fully saturated rings. The highest BCUT2D eigenvalue weighted by atomic mass is 32.2. The van der Waals surface area contributed by atoms with E-state index >= 15 is 0 Å². The van der Waals surface area contributed by atoms with Gasteiger partial charge in [0.2, 0.25) is 10.0 Å². The lowest BCUT2D eigenvalue weighted by Crippen LogP contribution is -2.31. The summed E-state index contributed by atoms with van der Waals surface area (Å²) in [6.07, 6.45) is 0. The minimum absolute atomic E-state index is 0.157. The Kier molecular flexibility index (Phi) is 4.57. The minimum Gasteiger partial charge on any atom is -0.481 e. The summed E-state index contributed by atoms with van der Waals surface area (Å²) in [6.45, 7) is 1.11. The Morgan fingerprint density at radius 3 is 2.37 bits per heavy atom. The molecule has 0 bridgehead atoms. The highest BCUT2D eigenvalue weighted by molar-refractivity contribution is 7.89. The first kappa shape index (κ1) is 15.1. The number of non-ortho nitro benzene ring substituents is 1. The maximum absolute atomic E-state index is 11.8. The van der Waals surface area contributed by atoms with Crippen molar-refractivity contribution in [1.82, 2.24) is 4.72 Å². The van der Waals surface area contributed by atoms with Crippen LogP contribution in [0.15, 0.2) is 29.2 Å². The smallest absolute Gasteiger partial charge is 0.307 e. The van der Waals surface area contributed by atoms with Gasteiger partial charge >= 0.3 is 5.97 Å². The van der Waals surface area contributed by atoms with E-state index in [4.69, 9.17) is 5.11 Å². The number of nitro benzene ring substituents is 1. The highest BCUT2D eigenvalue weighted by Gasteiger charge is 2.19. The van der Waals surface area contributed by atoms with E-state index < -0.39 is 26.8 Å². The van der Waals surface area contributed by atoms with Crippen molar-refractivity contribution < 1.29 is 23.2 Å². The molecule has 0 spiro atoms. The lowest BCUT2D eigenvalue weighted by molar-refractivity contribution is -0.384. The third kappa shape index (κ3) is 4.00. The van der Waals surface area contributed by atoms with Crippen LogP contribution in [0.25, 0.3) is 0 Å². The molecule has 0 saturated heterocycles. The molecule has 0 aromatic heterocycles. The van der Waals surface area contributed by atoms with E-state index in [-0.39, 0.29) is 17.1 Å². The highest BCUT2D eigenvalue weighted by Crippen LogP contribution is 2.15. The van der Waals surface area contributed by atoms with Gasteiger partial charge in [-0.05, 0) is 12.1 Å². The number of nitrogens with zero attached hydrogens (tertiary/aromatic N) is 1. The second-order valence-corrected chi connectivity index (χ2v) is 5.61. The van der Waals surface area contributed by atoms with Gasteiger partial charge in [-0.3, -0.25) is 14.9 Å². The fourth-order valence-corrected chi connectivity index (χ4v) is 2.28. The molecule has 19 heavy (non-hydrogen) atoms. The van der Waals surface area contributed by atoms with E-state index in [9.17, 15) is 23.3 Å². The lowest BCUT2D eigenvalue weighted by atomic mass is 10.2. The second-order valence-electron chi connectivity index (χ2n) is 3.84. The van der Waals surface area contributed by atoms with Gasteiger partial charge < -0.3 is 5.11 Å². The molecule has 0 saturated carbocycles. The second kappa shape index (κ2) is 5.76. The van der Waals surface area contributed by atoms with Crippen LogP contribution in [0.3, 0.4) is 0 Å². The van der Waals surface area contributed by atoms with Gasteiger partial charge in [-0.25, -0.2) is 13.1 Å². The van der Waals surface area contributed by atoms with Gasteiger partial charge in [0.1, 0.15) is 0 Å². The van der Waals surface area contributed by atoms with E-state index in [1.807, 2.05) is 0 Å². The zero-order valence-electron chi connectivity index (χ0n) is 9.94. The first-order chi connectivity index (χ1) is 8.74. The molecule has 0 heterocycles. The molecule has 0 radical (unpaired) electrons. The molecular weight excluding hydrogens is 276 g/mol. The molecule has 1 aromatic carbocycles. The normalized spacial score (nSPS) is 12.9. The SMILES string of the molecule is CC(CNS(=O)(=O)c1ccc([N+](=O)[O-])cc1)C(=O)O. The van der Waals surface area contributed by atoms with Gasteiger partial charge in [0.25, 0.3) is 5.69 Å². The van der Waals surface area contributed by atoms with Crippen molar-refractivity contribution in [3.05, 3.63) is 34.4 Å². The number of carboxylic acids is 1. The minimum atomic E-state index is -3.87. The summed E-state index contributed by atoms with van der Waals surface area (Å²) in [5.74, 6) is -1.99. The van der Waals surface area contributed by atoms with E-state index in [1.165, 1.54) is 6.92 Å². The summed E-state index contributed by atoms with van der Waals surface area (Å²) >= 11 is 0. The fourth-order valence-electron chi connectivity index (χ4n) is 1.15. The van der Waals surface area contributed by atoms with Gasteiger partial charge in [-0.2, -0.15) is 0 Å². The monoisotopic (exact) mass is 288 g/mol. The molecule has 0 aliphatic carbocycles. The Bertz CT molecular complexity index is 581. The topological polar surface area (TPSA) is 127 Å². The molecule has 1 atom stereocenters. The van der Waals surface area contributed by atoms with Crippen molar-refractivity contribution >= 4 is 21.7 Å². The number of aliphatic carboxylic acids is 1. The Balaban J connectivity index is 2.83. The molecule has 104 valence electrons. The Morgan fingerprint density at radius 1 is 1.42 bits per heavy atom. The molecule has 1 aromatic rings. The van der Waals surface area contributed by atoms with Crippen LogP contribution < -0.4 is 4.72 Å². The van der Waals surface area contributed by atoms with Crippen LogP contribution in [0.4, 0.5) is 5.69 Å². The average molecular weight is 288 g/mol. The van der Waals surface area contributed by atoms with Gasteiger partial charge in [0, 0.05) is 18.7 Å². The first-order valence-electron chi connectivity index (χ1n) is 5.21. The molecule has 0 aliphatic rings. The molecule has 1 unspecified atom stereocenters. The predicted octanol–water partition coefficient (Wildman–Crippen LogP) is 0.594. The maximum Gasteiger partial charge on any atom is 0.307 e. The predicted molar refractivity (Wildman–Crippen MR) is 65.1 cm³/mol. The van der Waals surface area contributed by atoms with Crippen LogP contribution in [0.2, 0.25) is 0 Å². The number of sulfonamides is 1. The molecule has 0 aliphatic heterocycles. The molecule has 9 heteroatoms. The van der Waals surface area contributed by atoms with Crippen molar-refractivity contribution in [3.63, 3.8) is 0 Å². The van der Waals surface area contributed by atoms with Crippen molar-refractivity contribution in [1.29, 1.82) is 0 Å². The summed E-state index contributed by atoms with van der Waals surface area (Å²) in [4.78, 5) is 20.2. The van der Waals surface area contributed by atoms with Crippen molar-refractivity contribution in [3.8, 4) is 0 Å². The van der Waals surface area contributed by atoms with Crippen molar-refractivity contribution in [2.45, 2.75) is 11.8 Å². The zero-order valence-corrected chi connectivity index (χ0v) is 10.8. The van der Waals surface area contributed by atoms with Crippen LogP contribution in [0.5, 0.6) is 0 Å². The summed E-state index contributed by atoms with van der Waals surface area (Å²) in [5, 5.41) is 19.1. The Morgan fingerprint density at radius 2 is 1.95 bits per heavy atom. The number of carbonyl (C=O) groups is 1. The zero-order chi connectivity index (χ0) is 14.6. The maximum atomic E-state index is 11.8. The van der Waals surface area contributed by atoms with Crippen LogP contribution in [-0.2, 0) is 14.8 Å². The number of hydrogen-bond acceptors (Lipinski definition) is 5. The van der Waals surface area contributed by atoms with Crippen LogP contribution in [0, 0.1) is 16.0 Å². The van der Waals surface area contributed by atoms with Gasteiger partial charge in [0.05, 0.1) is 15.7 Å². The van der Waals surface area contributed by atoms with Gasteiger partial charge in [-0.15, -0.1) is 0 Å². The van der Waals surface area contributed by atoms with E-state index in [0.717, 1.165) is 24.3 Å². The summed E-state index contributed by atoms with van der Waals surface area (Å²) < 4.78 is 25.7. The van der Waals surface area contributed by atoms with Gasteiger partial charge in [-0.1, -0.05) is 6.92 Å². The van der Waals surface area contributed by atoms with Crippen molar-refractivity contribution in [2.24, 2.45) is 5.92 Å². The van der Waals surface area contributed by atoms with Crippen LogP contribution in [-0.4, -0.2) is 31.0 Å². The molecule has 1 rings (SSSR count). The number of nitro groups is 1. The van der Waals surface area contributed by atoms with E-state index in [2.05, 4.69) is 4.72 Å². The largest absolute Gasteiger partial charge is 0.481 e. The standard InChI is InChI=1S/C10H12N2O6S/c1-7(10(13)14)6-11-19(17,18)9-4-2-8(3-5-9)12(15)16/h2-5,7,11H,6H2,1H3,(H,13,14). The third-order valence-electron chi connectivity index (χ3n) is 2.36. The summed E-state index contributed by atoms with van der Waals surface area (Å²) in [5.41, 5.74) is -0.224.